The van der Waals surface area contributed by atoms with Crippen molar-refractivity contribution in [2.24, 2.45) is 0 Å². The molecule has 3 aromatic carbocycles. The summed E-state index contributed by atoms with van der Waals surface area (Å²) in [5, 5.41) is 4.80. The third kappa shape index (κ3) is 4.63. The number of hydrogen-bond donors (Lipinski definition) is 1. The van der Waals surface area contributed by atoms with E-state index in [-0.39, 0.29) is 11.8 Å². The van der Waals surface area contributed by atoms with E-state index >= 15 is 0 Å². The second kappa shape index (κ2) is 9.26. The summed E-state index contributed by atoms with van der Waals surface area (Å²) in [5.74, 6) is 0.312. The summed E-state index contributed by atoms with van der Waals surface area (Å²) in [6, 6.07) is 22.0. The molecule has 164 valence electrons. The molecule has 0 fully saturated rings. The number of amides is 2. The van der Waals surface area contributed by atoms with Crippen molar-refractivity contribution in [1.29, 1.82) is 0 Å². The van der Waals surface area contributed by atoms with Crippen molar-refractivity contribution < 1.29 is 14.3 Å². The van der Waals surface area contributed by atoms with Crippen LogP contribution in [0.15, 0.2) is 83.7 Å². The number of carbonyl (C=O) groups is 2. The molecule has 0 saturated heterocycles. The number of benzene rings is 3. The number of carbonyl (C=O) groups excluding carboxylic acids is 2. The smallest absolute Gasteiger partial charge is 0.258 e. The molecule has 0 unspecified atom stereocenters. The van der Waals surface area contributed by atoms with Gasteiger partial charge in [-0.2, -0.15) is 0 Å². The van der Waals surface area contributed by atoms with Gasteiger partial charge in [-0.3, -0.25) is 9.59 Å². The standard InChI is InChI=1S/C26H21N3O3S/c30-25(20-5-3-6-23(14-20)32-15-22-16-33-17-27-22)28-21-10-8-19(9-11-21)26(31)29-13-12-18-4-1-2-7-24(18)29/h1-11,14,16-17H,12-13,15H2,(H,28,30). The van der Waals surface area contributed by atoms with Gasteiger partial charge >= 0.3 is 0 Å². The normalized spacial score (nSPS) is 12.3. The third-order valence-corrected chi connectivity index (χ3v) is 6.12. The van der Waals surface area contributed by atoms with Crippen molar-refractivity contribution >= 4 is 34.5 Å². The zero-order chi connectivity index (χ0) is 22.6. The van der Waals surface area contributed by atoms with Crippen molar-refractivity contribution in [2.75, 3.05) is 16.8 Å². The van der Waals surface area contributed by atoms with Crippen LogP contribution in [0, 0.1) is 0 Å². The Morgan fingerprint density at radius 1 is 1.00 bits per heavy atom. The van der Waals surface area contributed by atoms with E-state index < -0.39 is 0 Å². The Kier molecular flexibility index (Phi) is 5.87. The molecule has 5 rings (SSSR count). The predicted molar refractivity (Wildman–Crippen MR) is 129 cm³/mol. The second-order valence-corrected chi connectivity index (χ2v) is 8.38. The van der Waals surface area contributed by atoms with E-state index in [1.54, 1.807) is 58.9 Å². The van der Waals surface area contributed by atoms with E-state index in [0.717, 1.165) is 17.8 Å². The van der Waals surface area contributed by atoms with E-state index in [2.05, 4.69) is 16.4 Å². The number of thiazole rings is 1. The zero-order valence-electron chi connectivity index (χ0n) is 17.7. The van der Waals surface area contributed by atoms with Crippen molar-refractivity contribution in [1.82, 2.24) is 4.98 Å². The van der Waals surface area contributed by atoms with Gasteiger partial charge in [0.25, 0.3) is 11.8 Å². The number of anilines is 2. The number of hydrogen-bond acceptors (Lipinski definition) is 5. The Hall–Kier alpha value is -3.97. The number of nitrogens with one attached hydrogen (secondary N) is 1. The van der Waals surface area contributed by atoms with Crippen LogP contribution in [0.5, 0.6) is 5.75 Å². The maximum Gasteiger partial charge on any atom is 0.258 e. The van der Waals surface area contributed by atoms with Crippen LogP contribution < -0.4 is 15.0 Å². The molecule has 2 amide bonds. The Balaban J connectivity index is 1.23. The van der Waals surface area contributed by atoms with Crippen molar-refractivity contribution in [3.05, 3.63) is 106 Å². The first-order valence-electron chi connectivity index (χ1n) is 10.6. The van der Waals surface area contributed by atoms with Gasteiger partial charge in [-0.15, -0.1) is 11.3 Å². The van der Waals surface area contributed by atoms with Crippen molar-refractivity contribution in [3.8, 4) is 5.75 Å². The van der Waals surface area contributed by atoms with Gasteiger partial charge in [-0.1, -0.05) is 24.3 Å². The van der Waals surface area contributed by atoms with Gasteiger partial charge in [0.15, 0.2) is 0 Å². The van der Waals surface area contributed by atoms with Gasteiger partial charge in [0.05, 0.1) is 11.2 Å². The number of aromatic nitrogens is 1. The lowest BCUT2D eigenvalue weighted by Crippen LogP contribution is -2.28. The molecular formula is C26H21N3O3S. The minimum Gasteiger partial charge on any atom is -0.487 e. The van der Waals surface area contributed by atoms with E-state index in [4.69, 9.17) is 4.74 Å². The number of ether oxygens (including phenoxy) is 1. The van der Waals surface area contributed by atoms with Crippen LogP contribution in [0.4, 0.5) is 11.4 Å². The number of para-hydroxylation sites is 1. The molecule has 1 aromatic heterocycles. The fraction of sp³-hybridized carbons (Fsp3) is 0.115. The van der Waals surface area contributed by atoms with Gasteiger partial charge in [0.1, 0.15) is 12.4 Å². The second-order valence-electron chi connectivity index (χ2n) is 7.66. The molecule has 1 N–H and O–H groups in total. The SMILES string of the molecule is O=C(Nc1ccc(C(=O)N2CCc3ccccc32)cc1)c1cccc(OCc2cscn2)c1. The Morgan fingerprint density at radius 3 is 2.67 bits per heavy atom. The molecule has 4 aromatic rings. The average Bonchev–Trinajstić information content (AvgIpc) is 3.53. The Bertz CT molecular complexity index is 1290. The third-order valence-electron chi connectivity index (χ3n) is 5.49. The van der Waals surface area contributed by atoms with Crippen LogP contribution in [0.3, 0.4) is 0 Å². The van der Waals surface area contributed by atoms with Gasteiger partial charge in [0, 0.05) is 34.4 Å². The minimum absolute atomic E-state index is 0.0391. The fourth-order valence-corrected chi connectivity index (χ4v) is 4.34. The summed E-state index contributed by atoms with van der Waals surface area (Å²) in [7, 11) is 0. The summed E-state index contributed by atoms with van der Waals surface area (Å²) < 4.78 is 5.73. The average molecular weight is 456 g/mol. The maximum atomic E-state index is 13.0. The monoisotopic (exact) mass is 455 g/mol. The van der Waals surface area contributed by atoms with Crippen LogP contribution in [0.25, 0.3) is 0 Å². The van der Waals surface area contributed by atoms with Crippen LogP contribution in [-0.4, -0.2) is 23.3 Å². The van der Waals surface area contributed by atoms with Gasteiger partial charge < -0.3 is 15.0 Å². The molecule has 0 bridgehead atoms. The molecule has 0 aliphatic carbocycles. The molecule has 7 heteroatoms. The van der Waals surface area contributed by atoms with E-state index in [1.807, 2.05) is 23.6 Å². The predicted octanol–water partition coefficient (Wildman–Crippen LogP) is 5.18. The van der Waals surface area contributed by atoms with Gasteiger partial charge in [-0.25, -0.2) is 4.98 Å². The van der Waals surface area contributed by atoms with Crippen LogP contribution in [-0.2, 0) is 13.0 Å². The number of fused-ring (bicyclic) bond motifs is 1. The first kappa shape index (κ1) is 20.9. The van der Waals surface area contributed by atoms with Crippen molar-refractivity contribution in [3.63, 3.8) is 0 Å². The first-order valence-corrected chi connectivity index (χ1v) is 11.5. The Morgan fingerprint density at radius 2 is 1.85 bits per heavy atom. The highest BCUT2D eigenvalue weighted by Crippen LogP contribution is 2.29. The molecule has 0 atom stereocenters. The van der Waals surface area contributed by atoms with Crippen molar-refractivity contribution in [2.45, 2.75) is 13.0 Å². The molecule has 0 saturated carbocycles. The highest BCUT2D eigenvalue weighted by atomic mass is 32.1. The highest BCUT2D eigenvalue weighted by molar-refractivity contribution is 7.07. The largest absolute Gasteiger partial charge is 0.487 e. The molecule has 0 radical (unpaired) electrons. The topological polar surface area (TPSA) is 71.5 Å². The van der Waals surface area contributed by atoms with E-state index in [1.165, 1.54) is 16.9 Å². The lowest BCUT2D eigenvalue weighted by molar-refractivity contribution is 0.0988. The van der Waals surface area contributed by atoms with Crippen LogP contribution >= 0.6 is 11.3 Å². The molecule has 2 heterocycles. The lowest BCUT2D eigenvalue weighted by atomic mass is 10.1. The molecular weight excluding hydrogens is 434 g/mol. The lowest BCUT2D eigenvalue weighted by Gasteiger charge is -2.17. The molecule has 1 aliphatic rings. The van der Waals surface area contributed by atoms with Crippen LogP contribution in [0.1, 0.15) is 32.0 Å². The molecule has 1 aliphatic heterocycles. The van der Waals surface area contributed by atoms with E-state index in [9.17, 15) is 9.59 Å². The van der Waals surface area contributed by atoms with E-state index in [0.29, 0.717) is 35.7 Å². The fourth-order valence-electron chi connectivity index (χ4n) is 3.80. The summed E-state index contributed by atoms with van der Waals surface area (Å²) in [6.07, 6.45) is 0.864. The Labute approximate surface area is 195 Å². The van der Waals surface area contributed by atoms with Gasteiger partial charge in [0.2, 0.25) is 0 Å². The molecule has 33 heavy (non-hydrogen) atoms. The molecule has 6 nitrogen and oxygen atoms in total. The summed E-state index contributed by atoms with van der Waals surface area (Å²) in [4.78, 5) is 31.7. The minimum atomic E-state index is -0.248. The first-order chi connectivity index (χ1) is 16.2. The quantitative estimate of drug-likeness (QED) is 0.435. The summed E-state index contributed by atoms with van der Waals surface area (Å²) in [5.41, 5.74) is 6.45. The van der Waals surface area contributed by atoms with Gasteiger partial charge in [-0.05, 0) is 60.5 Å². The summed E-state index contributed by atoms with van der Waals surface area (Å²) in [6.45, 7) is 1.03. The molecule has 0 spiro atoms. The highest BCUT2D eigenvalue weighted by Gasteiger charge is 2.25. The number of nitrogens with zero attached hydrogens (tertiary/aromatic N) is 2. The summed E-state index contributed by atoms with van der Waals surface area (Å²) >= 11 is 1.51. The zero-order valence-corrected chi connectivity index (χ0v) is 18.5. The maximum absolute atomic E-state index is 13.0. The number of rotatable bonds is 6. The van der Waals surface area contributed by atoms with Crippen LogP contribution in [0.2, 0.25) is 0 Å².